The normalized spacial score (nSPS) is 13.1. The molecule has 3 rings (SSSR count). The summed E-state index contributed by atoms with van der Waals surface area (Å²) in [4.78, 5) is 27.5. The number of rotatable bonds is 4. The average molecular weight is 412 g/mol. The van der Waals surface area contributed by atoms with Crippen LogP contribution in [-0.4, -0.2) is 21.6 Å². The van der Waals surface area contributed by atoms with Crippen LogP contribution >= 0.6 is 11.3 Å². The third kappa shape index (κ3) is 3.55. The van der Waals surface area contributed by atoms with Crippen LogP contribution in [0, 0.1) is 23.3 Å². The van der Waals surface area contributed by atoms with Crippen molar-refractivity contribution in [3.05, 3.63) is 64.0 Å². The van der Waals surface area contributed by atoms with Gasteiger partial charge in [-0.05, 0) is 30.7 Å². The Bertz CT molecular complexity index is 1150. The minimum atomic E-state index is -1.27. The lowest BCUT2D eigenvalue weighted by molar-refractivity contribution is -0.140. The number of fused-ring (bicyclic) bond motifs is 1. The van der Waals surface area contributed by atoms with Crippen LogP contribution in [0.3, 0.4) is 0 Å². The number of carboxylic acid groups (broad SMARTS) is 1. The van der Waals surface area contributed by atoms with Crippen molar-refractivity contribution in [3.8, 4) is 0 Å². The highest BCUT2D eigenvalue weighted by Gasteiger charge is 2.24. The molecule has 28 heavy (non-hydrogen) atoms. The van der Waals surface area contributed by atoms with E-state index in [1.807, 2.05) is 0 Å². The number of hydrogen-bond donors (Lipinski definition) is 1. The third-order valence-electron chi connectivity index (χ3n) is 3.98. The summed E-state index contributed by atoms with van der Waals surface area (Å²) < 4.78 is 55.3. The summed E-state index contributed by atoms with van der Waals surface area (Å²) in [6.45, 7) is 1.56. The van der Waals surface area contributed by atoms with Crippen molar-refractivity contribution in [3.63, 3.8) is 0 Å². The summed E-state index contributed by atoms with van der Waals surface area (Å²) in [6.07, 6.45) is 0.0656. The van der Waals surface area contributed by atoms with E-state index in [1.165, 1.54) is 6.07 Å². The molecule has 1 atom stereocenters. The molecule has 0 aliphatic carbocycles. The molecule has 146 valence electrons. The van der Waals surface area contributed by atoms with Gasteiger partial charge in [0.15, 0.2) is 16.4 Å². The van der Waals surface area contributed by atoms with E-state index in [0.29, 0.717) is 17.4 Å². The first-order valence-electron chi connectivity index (χ1n) is 8.00. The van der Waals surface area contributed by atoms with E-state index in [0.717, 1.165) is 22.8 Å². The van der Waals surface area contributed by atoms with Gasteiger partial charge in [0.2, 0.25) is 0 Å². The summed E-state index contributed by atoms with van der Waals surface area (Å²) in [5, 5.41) is 9.47. The van der Waals surface area contributed by atoms with Crippen molar-refractivity contribution < 1.29 is 32.3 Å². The fourth-order valence-electron chi connectivity index (χ4n) is 2.73. The van der Waals surface area contributed by atoms with Gasteiger partial charge in [-0.25, -0.2) is 22.4 Å². The number of aromatic nitrogens is 1. The SMILES string of the molecule is CCC(C(=O)O)n1/c(=N/C(=O)c2cc(F)cc(F)c2)sc2c(F)c(F)ccc21. The Morgan fingerprint density at radius 3 is 2.36 bits per heavy atom. The molecule has 0 aliphatic rings. The van der Waals surface area contributed by atoms with E-state index in [4.69, 9.17) is 0 Å². The zero-order chi connectivity index (χ0) is 20.6. The van der Waals surface area contributed by atoms with E-state index >= 15 is 0 Å². The number of carboxylic acids is 1. The Morgan fingerprint density at radius 2 is 1.79 bits per heavy atom. The monoisotopic (exact) mass is 412 g/mol. The molecule has 2 aromatic carbocycles. The Balaban J connectivity index is 2.29. The fourth-order valence-corrected chi connectivity index (χ4v) is 3.82. The van der Waals surface area contributed by atoms with Crippen molar-refractivity contribution in [1.29, 1.82) is 0 Å². The van der Waals surface area contributed by atoms with Crippen molar-refractivity contribution in [2.24, 2.45) is 4.99 Å². The number of thiazole rings is 1. The highest BCUT2D eigenvalue weighted by molar-refractivity contribution is 7.16. The second-order valence-electron chi connectivity index (χ2n) is 5.80. The van der Waals surface area contributed by atoms with Gasteiger partial charge in [-0.2, -0.15) is 4.99 Å². The zero-order valence-electron chi connectivity index (χ0n) is 14.2. The molecule has 10 heteroatoms. The maximum atomic E-state index is 14.2. The fraction of sp³-hybridized carbons (Fsp3) is 0.167. The molecule has 1 amide bonds. The maximum absolute atomic E-state index is 14.2. The van der Waals surface area contributed by atoms with E-state index in [-0.39, 0.29) is 21.4 Å². The highest BCUT2D eigenvalue weighted by Crippen LogP contribution is 2.27. The van der Waals surface area contributed by atoms with Gasteiger partial charge in [-0.15, -0.1) is 0 Å². The standard InChI is InChI=1S/C18H12F4N2O3S/c1-2-12(17(26)27)24-13-4-3-11(21)14(22)15(13)28-18(24)23-16(25)8-5-9(19)7-10(20)6-8/h3-7,12H,2H2,1H3,(H,26,27)/b23-18-. The van der Waals surface area contributed by atoms with Crippen LogP contribution in [0.25, 0.3) is 10.2 Å². The lowest BCUT2D eigenvalue weighted by atomic mass is 10.2. The van der Waals surface area contributed by atoms with Crippen LogP contribution in [-0.2, 0) is 4.79 Å². The van der Waals surface area contributed by atoms with Crippen LogP contribution in [0.4, 0.5) is 17.6 Å². The predicted molar refractivity (Wildman–Crippen MR) is 92.9 cm³/mol. The van der Waals surface area contributed by atoms with Crippen molar-refractivity contribution >= 4 is 33.4 Å². The highest BCUT2D eigenvalue weighted by atomic mass is 32.1. The molecule has 0 bridgehead atoms. The van der Waals surface area contributed by atoms with Gasteiger partial charge in [0, 0.05) is 11.6 Å². The molecular formula is C18H12F4N2O3S. The van der Waals surface area contributed by atoms with Gasteiger partial charge in [-0.3, -0.25) is 4.79 Å². The van der Waals surface area contributed by atoms with Gasteiger partial charge >= 0.3 is 5.97 Å². The molecule has 1 N–H and O–H groups in total. The Kier molecular flexibility index (Phi) is 5.32. The average Bonchev–Trinajstić information content (AvgIpc) is 2.96. The van der Waals surface area contributed by atoms with Crippen molar-refractivity contribution in [2.75, 3.05) is 0 Å². The lowest BCUT2D eigenvalue weighted by Gasteiger charge is -2.13. The quantitative estimate of drug-likeness (QED) is 0.658. The first kappa shape index (κ1) is 19.7. The number of aliphatic carboxylic acids is 1. The van der Waals surface area contributed by atoms with Gasteiger partial charge < -0.3 is 9.67 Å². The summed E-state index contributed by atoms with van der Waals surface area (Å²) >= 11 is 0.567. The number of nitrogens with zero attached hydrogens (tertiary/aromatic N) is 2. The molecule has 5 nitrogen and oxygen atoms in total. The van der Waals surface area contributed by atoms with Crippen LogP contribution < -0.4 is 4.80 Å². The second-order valence-corrected chi connectivity index (χ2v) is 6.78. The molecule has 0 fully saturated rings. The molecule has 1 heterocycles. The second kappa shape index (κ2) is 7.55. The summed E-state index contributed by atoms with van der Waals surface area (Å²) in [6, 6.07) is 2.91. The summed E-state index contributed by atoms with van der Waals surface area (Å²) in [5.74, 6) is -6.66. The van der Waals surface area contributed by atoms with E-state index in [9.17, 15) is 32.3 Å². The van der Waals surface area contributed by atoms with E-state index in [2.05, 4.69) is 4.99 Å². The third-order valence-corrected chi connectivity index (χ3v) is 5.04. The molecule has 1 aromatic heterocycles. The van der Waals surface area contributed by atoms with Gasteiger partial charge in [-0.1, -0.05) is 18.3 Å². The molecule has 1 unspecified atom stereocenters. The van der Waals surface area contributed by atoms with E-state index < -0.39 is 46.8 Å². The van der Waals surface area contributed by atoms with Gasteiger partial charge in [0.1, 0.15) is 17.7 Å². The van der Waals surface area contributed by atoms with Crippen LogP contribution in [0.5, 0.6) is 0 Å². The Hall–Kier alpha value is -3.01. The molecule has 0 aliphatic heterocycles. The predicted octanol–water partition coefficient (Wildman–Crippen LogP) is 4.04. The Labute approximate surface area is 159 Å². The van der Waals surface area contributed by atoms with Gasteiger partial charge in [0.05, 0.1) is 10.2 Å². The van der Waals surface area contributed by atoms with Crippen LogP contribution in [0.2, 0.25) is 0 Å². The molecular weight excluding hydrogens is 400 g/mol. The topological polar surface area (TPSA) is 71.7 Å². The zero-order valence-corrected chi connectivity index (χ0v) is 15.1. The number of carbonyl (C=O) groups is 2. The van der Waals surface area contributed by atoms with Crippen LogP contribution in [0.1, 0.15) is 29.7 Å². The lowest BCUT2D eigenvalue weighted by Crippen LogP contribution is -2.27. The number of halogens is 4. The number of benzene rings is 2. The first-order chi connectivity index (χ1) is 13.2. The molecule has 0 saturated heterocycles. The van der Waals surface area contributed by atoms with Crippen molar-refractivity contribution in [1.82, 2.24) is 4.57 Å². The largest absolute Gasteiger partial charge is 0.480 e. The molecule has 0 spiro atoms. The molecule has 0 saturated carbocycles. The minimum Gasteiger partial charge on any atom is -0.480 e. The number of amides is 1. The maximum Gasteiger partial charge on any atom is 0.326 e. The van der Waals surface area contributed by atoms with Gasteiger partial charge in [0.25, 0.3) is 5.91 Å². The number of carbonyl (C=O) groups excluding carboxylic acids is 1. The van der Waals surface area contributed by atoms with Crippen LogP contribution in [0.15, 0.2) is 35.3 Å². The number of hydrogen-bond acceptors (Lipinski definition) is 3. The molecule has 3 aromatic rings. The van der Waals surface area contributed by atoms with Crippen molar-refractivity contribution in [2.45, 2.75) is 19.4 Å². The summed E-state index contributed by atoms with van der Waals surface area (Å²) in [5.41, 5.74) is -0.369. The Morgan fingerprint density at radius 1 is 1.14 bits per heavy atom. The minimum absolute atomic E-state index is 0.0372. The van der Waals surface area contributed by atoms with E-state index in [1.54, 1.807) is 6.92 Å². The first-order valence-corrected chi connectivity index (χ1v) is 8.81. The molecule has 0 radical (unpaired) electrons. The smallest absolute Gasteiger partial charge is 0.326 e. The summed E-state index contributed by atoms with van der Waals surface area (Å²) in [7, 11) is 0.